The van der Waals surface area contributed by atoms with E-state index >= 15 is 0 Å². The second-order valence-corrected chi connectivity index (χ2v) is 5.46. The van der Waals surface area contributed by atoms with Crippen molar-refractivity contribution in [3.05, 3.63) is 52.1 Å². The third-order valence-corrected chi connectivity index (χ3v) is 3.62. The van der Waals surface area contributed by atoms with Gasteiger partial charge in [0.05, 0.1) is 17.0 Å². The lowest BCUT2D eigenvalue weighted by atomic mass is 10.1. The van der Waals surface area contributed by atoms with Crippen molar-refractivity contribution in [3.63, 3.8) is 0 Å². The van der Waals surface area contributed by atoms with E-state index in [0.717, 1.165) is 6.07 Å². The number of nitrogens with zero attached hydrogens (tertiary/aromatic N) is 1. The number of halogens is 3. The van der Waals surface area contributed by atoms with Crippen LogP contribution in [0.15, 0.2) is 36.4 Å². The van der Waals surface area contributed by atoms with Crippen LogP contribution in [0.25, 0.3) is 0 Å². The van der Waals surface area contributed by atoms with Gasteiger partial charge in [0.25, 0.3) is 5.69 Å². The predicted octanol–water partition coefficient (Wildman–Crippen LogP) is 3.39. The standard InChI is InChI=1S/C16H12F3N3O5/c17-16(18,19)9-1-3-11(12(5-9)22(24)25)20-7-15(23)21-10-2-4-13-14(6-10)27-8-26-13/h1-6,20H,7-8H2,(H,21,23). The molecular formula is C16H12F3N3O5. The van der Waals surface area contributed by atoms with E-state index in [1.165, 1.54) is 0 Å². The number of carbonyl (C=O) groups is 1. The zero-order chi connectivity index (χ0) is 19.6. The highest BCUT2D eigenvalue weighted by molar-refractivity contribution is 5.94. The predicted molar refractivity (Wildman–Crippen MR) is 87.8 cm³/mol. The second-order valence-electron chi connectivity index (χ2n) is 5.46. The lowest BCUT2D eigenvalue weighted by molar-refractivity contribution is -0.384. The Balaban J connectivity index is 1.67. The van der Waals surface area contributed by atoms with Crippen molar-refractivity contribution in [2.45, 2.75) is 6.18 Å². The Bertz CT molecular complexity index is 901. The summed E-state index contributed by atoms with van der Waals surface area (Å²) < 4.78 is 48.4. The van der Waals surface area contributed by atoms with Crippen molar-refractivity contribution in [3.8, 4) is 11.5 Å². The molecule has 27 heavy (non-hydrogen) atoms. The summed E-state index contributed by atoms with van der Waals surface area (Å²) in [6.45, 7) is -0.313. The maximum Gasteiger partial charge on any atom is 0.416 e. The average molecular weight is 383 g/mol. The van der Waals surface area contributed by atoms with Gasteiger partial charge in [0.1, 0.15) is 5.69 Å². The molecule has 0 aromatic heterocycles. The Morgan fingerprint density at radius 2 is 1.89 bits per heavy atom. The number of hydrogen-bond acceptors (Lipinski definition) is 6. The average Bonchev–Trinajstić information content (AvgIpc) is 3.06. The quantitative estimate of drug-likeness (QED) is 0.606. The van der Waals surface area contributed by atoms with Crippen molar-refractivity contribution >= 4 is 23.0 Å². The van der Waals surface area contributed by atoms with Gasteiger partial charge in [-0.05, 0) is 24.3 Å². The fourth-order valence-corrected chi connectivity index (χ4v) is 2.36. The summed E-state index contributed by atoms with van der Waals surface area (Å²) in [6, 6.07) is 6.75. The Morgan fingerprint density at radius 1 is 1.15 bits per heavy atom. The number of fused-ring (bicyclic) bond motifs is 1. The van der Waals surface area contributed by atoms with Gasteiger partial charge in [-0.3, -0.25) is 14.9 Å². The molecule has 1 amide bonds. The highest BCUT2D eigenvalue weighted by Gasteiger charge is 2.33. The van der Waals surface area contributed by atoms with Gasteiger partial charge in [-0.15, -0.1) is 0 Å². The van der Waals surface area contributed by atoms with Crippen LogP contribution in [0, 0.1) is 10.1 Å². The molecule has 2 N–H and O–H groups in total. The maximum atomic E-state index is 12.7. The molecule has 11 heteroatoms. The molecule has 0 saturated heterocycles. The molecule has 3 rings (SSSR count). The number of ether oxygens (including phenoxy) is 2. The molecular weight excluding hydrogens is 371 g/mol. The summed E-state index contributed by atoms with van der Waals surface area (Å²) in [5.74, 6) is 0.439. The molecule has 1 heterocycles. The highest BCUT2D eigenvalue weighted by atomic mass is 19.4. The highest BCUT2D eigenvalue weighted by Crippen LogP contribution is 2.35. The Labute approximate surface area is 150 Å². The smallest absolute Gasteiger partial charge is 0.416 e. The van der Waals surface area contributed by atoms with E-state index in [2.05, 4.69) is 10.6 Å². The molecule has 1 aliphatic rings. The third-order valence-electron chi connectivity index (χ3n) is 3.62. The van der Waals surface area contributed by atoms with Crippen LogP contribution in [0.4, 0.5) is 30.2 Å². The fraction of sp³-hybridized carbons (Fsp3) is 0.188. The van der Waals surface area contributed by atoms with Gasteiger partial charge in [0.2, 0.25) is 12.7 Å². The molecule has 142 valence electrons. The molecule has 0 bridgehead atoms. The van der Waals surface area contributed by atoms with Gasteiger partial charge in [-0.1, -0.05) is 0 Å². The third kappa shape index (κ3) is 4.19. The summed E-state index contributed by atoms with van der Waals surface area (Å²) in [4.78, 5) is 22.1. The number of benzene rings is 2. The number of nitro benzene ring substituents is 1. The molecule has 1 aliphatic heterocycles. The summed E-state index contributed by atoms with van der Waals surface area (Å²) >= 11 is 0. The SMILES string of the molecule is O=C(CNc1ccc(C(F)(F)F)cc1[N+](=O)[O-])Nc1ccc2c(c1)OCO2. The first-order valence-corrected chi connectivity index (χ1v) is 7.53. The van der Waals surface area contributed by atoms with Crippen LogP contribution in [0.2, 0.25) is 0 Å². The molecule has 8 nitrogen and oxygen atoms in total. The molecule has 0 saturated carbocycles. The number of carbonyl (C=O) groups excluding carboxylic acids is 1. The summed E-state index contributed by atoms with van der Waals surface area (Å²) in [7, 11) is 0. The van der Waals surface area contributed by atoms with Crippen LogP contribution in [0.1, 0.15) is 5.56 Å². The van der Waals surface area contributed by atoms with Crippen LogP contribution in [-0.2, 0) is 11.0 Å². The van der Waals surface area contributed by atoms with Crippen molar-refractivity contribution in [2.75, 3.05) is 24.0 Å². The van der Waals surface area contributed by atoms with Crippen LogP contribution in [0.3, 0.4) is 0 Å². The number of amides is 1. The topological polar surface area (TPSA) is 103 Å². The first kappa shape index (κ1) is 18.3. The summed E-state index contributed by atoms with van der Waals surface area (Å²) in [5, 5.41) is 16.0. The molecule has 0 radical (unpaired) electrons. The Hall–Kier alpha value is -3.50. The molecule has 0 fully saturated rings. The number of alkyl halides is 3. The first-order valence-electron chi connectivity index (χ1n) is 7.53. The maximum absolute atomic E-state index is 12.7. The zero-order valence-corrected chi connectivity index (χ0v) is 13.5. The van der Waals surface area contributed by atoms with Gasteiger partial charge in [0.15, 0.2) is 11.5 Å². The van der Waals surface area contributed by atoms with E-state index in [1.54, 1.807) is 18.2 Å². The van der Waals surface area contributed by atoms with Crippen LogP contribution < -0.4 is 20.1 Å². The normalized spacial score (nSPS) is 12.6. The van der Waals surface area contributed by atoms with Crippen LogP contribution >= 0.6 is 0 Å². The molecule has 0 aliphatic carbocycles. The molecule has 0 unspecified atom stereocenters. The molecule has 0 atom stereocenters. The number of rotatable bonds is 5. The van der Waals surface area contributed by atoms with Gasteiger partial charge in [0, 0.05) is 17.8 Å². The largest absolute Gasteiger partial charge is 0.454 e. The summed E-state index contributed by atoms with van der Waals surface area (Å²) in [5.41, 5.74) is -1.72. The van der Waals surface area contributed by atoms with E-state index in [0.29, 0.717) is 29.3 Å². The molecule has 2 aromatic rings. The van der Waals surface area contributed by atoms with Gasteiger partial charge in [-0.25, -0.2) is 0 Å². The van der Waals surface area contributed by atoms with E-state index < -0.39 is 28.3 Å². The van der Waals surface area contributed by atoms with Gasteiger partial charge >= 0.3 is 6.18 Å². The van der Waals surface area contributed by atoms with Crippen LogP contribution in [0.5, 0.6) is 11.5 Å². The second kappa shape index (κ2) is 7.02. The fourth-order valence-electron chi connectivity index (χ4n) is 2.36. The van der Waals surface area contributed by atoms with Crippen LogP contribution in [-0.4, -0.2) is 24.2 Å². The van der Waals surface area contributed by atoms with Crippen molar-refractivity contribution in [1.29, 1.82) is 0 Å². The van der Waals surface area contributed by atoms with Crippen molar-refractivity contribution in [2.24, 2.45) is 0 Å². The summed E-state index contributed by atoms with van der Waals surface area (Å²) in [6.07, 6.45) is -4.71. The van der Waals surface area contributed by atoms with Crippen molar-refractivity contribution in [1.82, 2.24) is 0 Å². The number of nitro groups is 1. The zero-order valence-electron chi connectivity index (χ0n) is 13.5. The Kier molecular flexibility index (Phi) is 4.75. The van der Waals surface area contributed by atoms with E-state index in [9.17, 15) is 28.1 Å². The number of nitrogens with one attached hydrogen (secondary N) is 2. The molecule has 2 aromatic carbocycles. The number of anilines is 2. The lowest BCUT2D eigenvalue weighted by Crippen LogP contribution is -2.22. The van der Waals surface area contributed by atoms with Gasteiger partial charge in [-0.2, -0.15) is 13.2 Å². The minimum absolute atomic E-state index is 0.0753. The van der Waals surface area contributed by atoms with E-state index in [4.69, 9.17) is 9.47 Å². The lowest BCUT2D eigenvalue weighted by Gasteiger charge is -2.11. The molecule has 0 spiro atoms. The minimum Gasteiger partial charge on any atom is -0.454 e. The van der Waals surface area contributed by atoms with E-state index in [1.807, 2.05) is 0 Å². The Morgan fingerprint density at radius 3 is 2.59 bits per heavy atom. The number of hydrogen-bond donors (Lipinski definition) is 2. The van der Waals surface area contributed by atoms with Crippen molar-refractivity contribution < 1.29 is 32.4 Å². The minimum atomic E-state index is -4.71. The monoisotopic (exact) mass is 383 g/mol. The van der Waals surface area contributed by atoms with Gasteiger partial charge < -0.3 is 20.1 Å². The van der Waals surface area contributed by atoms with E-state index in [-0.39, 0.29) is 19.0 Å². The first-order chi connectivity index (χ1) is 12.7.